The van der Waals surface area contributed by atoms with Gasteiger partial charge in [0.05, 0.1) is 7.11 Å². The van der Waals surface area contributed by atoms with Crippen molar-refractivity contribution < 1.29 is 19.1 Å². The van der Waals surface area contributed by atoms with Crippen molar-refractivity contribution in [3.05, 3.63) is 65.7 Å². The molecule has 2 rings (SSSR count). The molecule has 2 aromatic carbocycles. The van der Waals surface area contributed by atoms with E-state index < -0.39 is 12.1 Å². The fourth-order valence-electron chi connectivity index (χ4n) is 2.20. The standard InChI is InChI=1S/C20H21NO4/c1-14-7-6-9-17(13-14)21-20(23)15(2)25-19(22)12-11-16-8-4-5-10-18(16)24-3/h4-13,15H,1-3H3,(H,21,23)/b12-11+/t15-/m0/s1. The highest BCUT2D eigenvalue weighted by molar-refractivity contribution is 5.96. The first kappa shape index (κ1) is 18.3. The molecule has 0 aliphatic heterocycles. The summed E-state index contributed by atoms with van der Waals surface area (Å²) in [4.78, 5) is 24.0. The second kappa shape index (κ2) is 8.68. The average molecular weight is 339 g/mol. The van der Waals surface area contributed by atoms with E-state index in [1.807, 2.05) is 43.3 Å². The van der Waals surface area contributed by atoms with Gasteiger partial charge in [-0.2, -0.15) is 0 Å². The van der Waals surface area contributed by atoms with Crippen LogP contribution in [0, 0.1) is 6.92 Å². The summed E-state index contributed by atoms with van der Waals surface area (Å²) in [6.07, 6.45) is 1.95. The molecule has 0 bridgehead atoms. The number of aryl methyl sites for hydroxylation is 1. The second-order valence-corrected chi connectivity index (χ2v) is 5.51. The van der Waals surface area contributed by atoms with E-state index in [4.69, 9.17) is 9.47 Å². The third-order valence-electron chi connectivity index (χ3n) is 3.49. The monoisotopic (exact) mass is 339 g/mol. The van der Waals surface area contributed by atoms with Gasteiger partial charge < -0.3 is 14.8 Å². The Kier molecular flexibility index (Phi) is 6.34. The Labute approximate surface area is 147 Å². The molecule has 1 atom stereocenters. The minimum atomic E-state index is -0.907. The Morgan fingerprint density at radius 3 is 2.60 bits per heavy atom. The Morgan fingerprint density at radius 2 is 1.88 bits per heavy atom. The summed E-state index contributed by atoms with van der Waals surface area (Å²) in [6, 6.07) is 14.7. The molecule has 2 aromatic rings. The zero-order chi connectivity index (χ0) is 18.2. The van der Waals surface area contributed by atoms with Crippen molar-refractivity contribution in [2.24, 2.45) is 0 Å². The molecule has 0 saturated carbocycles. The number of methoxy groups -OCH3 is 1. The number of amides is 1. The summed E-state index contributed by atoms with van der Waals surface area (Å²) in [6.45, 7) is 3.46. The summed E-state index contributed by atoms with van der Waals surface area (Å²) in [7, 11) is 1.56. The quantitative estimate of drug-likeness (QED) is 0.645. The Balaban J connectivity index is 1.93. The van der Waals surface area contributed by atoms with Crippen LogP contribution in [0.3, 0.4) is 0 Å². The summed E-state index contributed by atoms with van der Waals surface area (Å²) in [5, 5.41) is 2.72. The van der Waals surface area contributed by atoms with Gasteiger partial charge in [-0.1, -0.05) is 30.3 Å². The van der Waals surface area contributed by atoms with E-state index in [0.29, 0.717) is 11.4 Å². The smallest absolute Gasteiger partial charge is 0.331 e. The van der Waals surface area contributed by atoms with E-state index in [0.717, 1.165) is 11.1 Å². The van der Waals surface area contributed by atoms with Gasteiger partial charge in [0.1, 0.15) is 5.75 Å². The van der Waals surface area contributed by atoms with Gasteiger partial charge in [-0.05, 0) is 43.7 Å². The molecule has 0 radical (unpaired) electrons. The molecule has 0 aliphatic carbocycles. The molecular weight excluding hydrogens is 318 g/mol. The highest BCUT2D eigenvalue weighted by Crippen LogP contribution is 2.18. The Morgan fingerprint density at radius 1 is 1.12 bits per heavy atom. The Hall–Kier alpha value is -3.08. The second-order valence-electron chi connectivity index (χ2n) is 5.51. The largest absolute Gasteiger partial charge is 0.496 e. The van der Waals surface area contributed by atoms with E-state index in [1.165, 1.54) is 13.0 Å². The molecule has 5 heteroatoms. The van der Waals surface area contributed by atoms with Gasteiger partial charge >= 0.3 is 5.97 Å². The van der Waals surface area contributed by atoms with Gasteiger partial charge in [0.25, 0.3) is 5.91 Å². The number of esters is 1. The number of carbonyl (C=O) groups excluding carboxylic acids is 2. The van der Waals surface area contributed by atoms with Crippen molar-refractivity contribution in [1.29, 1.82) is 0 Å². The van der Waals surface area contributed by atoms with Crippen LogP contribution in [0.4, 0.5) is 5.69 Å². The number of para-hydroxylation sites is 1. The zero-order valence-electron chi connectivity index (χ0n) is 14.5. The van der Waals surface area contributed by atoms with Gasteiger partial charge in [-0.3, -0.25) is 4.79 Å². The fraction of sp³-hybridized carbons (Fsp3) is 0.200. The molecular formula is C20H21NO4. The van der Waals surface area contributed by atoms with Gasteiger partial charge in [-0.25, -0.2) is 4.79 Å². The third kappa shape index (κ3) is 5.49. The highest BCUT2D eigenvalue weighted by Gasteiger charge is 2.16. The lowest BCUT2D eigenvalue weighted by Gasteiger charge is -2.12. The zero-order valence-corrected chi connectivity index (χ0v) is 14.5. The number of hydrogen-bond donors (Lipinski definition) is 1. The third-order valence-corrected chi connectivity index (χ3v) is 3.49. The van der Waals surface area contributed by atoms with Gasteiger partial charge in [0.15, 0.2) is 6.10 Å². The van der Waals surface area contributed by atoms with Crippen LogP contribution in [0.2, 0.25) is 0 Å². The van der Waals surface area contributed by atoms with E-state index in [2.05, 4.69) is 5.32 Å². The number of carbonyl (C=O) groups is 2. The first-order chi connectivity index (χ1) is 12.0. The van der Waals surface area contributed by atoms with Crippen molar-refractivity contribution in [1.82, 2.24) is 0 Å². The van der Waals surface area contributed by atoms with E-state index >= 15 is 0 Å². The summed E-state index contributed by atoms with van der Waals surface area (Å²) < 4.78 is 10.3. The lowest BCUT2D eigenvalue weighted by Crippen LogP contribution is -2.29. The van der Waals surface area contributed by atoms with Crippen molar-refractivity contribution in [2.75, 3.05) is 12.4 Å². The molecule has 0 aliphatic rings. The molecule has 0 fully saturated rings. The molecule has 0 spiro atoms. The van der Waals surface area contributed by atoms with Gasteiger partial charge in [0, 0.05) is 17.3 Å². The molecule has 0 saturated heterocycles. The normalized spacial score (nSPS) is 11.8. The minimum Gasteiger partial charge on any atom is -0.496 e. The lowest BCUT2D eigenvalue weighted by molar-refractivity contribution is -0.148. The van der Waals surface area contributed by atoms with Crippen LogP contribution < -0.4 is 10.1 Å². The molecule has 0 heterocycles. The van der Waals surface area contributed by atoms with Crippen LogP contribution in [-0.4, -0.2) is 25.1 Å². The highest BCUT2D eigenvalue weighted by atomic mass is 16.5. The number of nitrogens with one attached hydrogen (secondary N) is 1. The first-order valence-electron chi connectivity index (χ1n) is 7.89. The van der Waals surface area contributed by atoms with Crippen molar-refractivity contribution in [3.8, 4) is 5.75 Å². The van der Waals surface area contributed by atoms with Crippen LogP contribution in [0.5, 0.6) is 5.75 Å². The maximum atomic E-state index is 12.1. The van der Waals surface area contributed by atoms with E-state index in [1.54, 1.807) is 25.3 Å². The topological polar surface area (TPSA) is 64.6 Å². The molecule has 25 heavy (non-hydrogen) atoms. The van der Waals surface area contributed by atoms with Crippen LogP contribution in [0.1, 0.15) is 18.1 Å². The number of anilines is 1. The summed E-state index contributed by atoms with van der Waals surface area (Å²) in [5.74, 6) is -0.334. The molecule has 1 N–H and O–H groups in total. The van der Waals surface area contributed by atoms with E-state index in [-0.39, 0.29) is 5.91 Å². The maximum absolute atomic E-state index is 12.1. The predicted molar refractivity (Wildman–Crippen MR) is 97.4 cm³/mol. The predicted octanol–water partition coefficient (Wildman–Crippen LogP) is 3.59. The summed E-state index contributed by atoms with van der Waals surface area (Å²) in [5.41, 5.74) is 2.44. The summed E-state index contributed by atoms with van der Waals surface area (Å²) >= 11 is 0. The van der Waals surface area contributed by atoms with Crippen LogP contribution >= 0.6 is 0 Å². The minimum absolute atomic E-state index is 0.385. The van der Waals surface area contributed by atoms with Gasteiger partial charge in [0.2, 0.25) is 0 Å². The number of benzene rings is 2. The molecule has 1 amide bonds. The average Bonchev–Trinajstić information content (AvgIpc) is 2.60. The number of rotatable bonds is 6. The lowest BCUT2D eigenvalue weighted by atomic mass is 10.2. The molecule has 0 unspecified atom stereocenters. The first-order valence-corrected chi connectivity index (χ1v) is 7.89. The molecule has 5 nitrogen and oxygen atoms in total. The van der Waals surface area contributed by atoms with Gasteiger partial charge in [-0.15, -0.1) is 0 Å². The Bertz CT molecular complexity index is 783. The fourth-order valence-corrected chi connectivity index (χ4v) is 2.20. The maximum Gasteiger partial charge on any atom is 0.331 e. The number of ether oxygens (including phenoxy) is 2. The van der Waals surface area contributed by atoms with Crippen LogP contribution in [0.15, 0.2) is 54.6 Å². The van der Waals surface area contributed by atoms with Crippen molar-refractivity contribution in [3.63, 3.8) is 0 Å². The van der Waals surface area contributed by atoms with E-state index in [9.17, 15) is 9.59 Å². The van der Waals surface area contributed by atoms with Crippen molar-refractivity contribution >= 4 is 23.6 Å². The molecule has 0 aromatic heterocycles. The van der Waals surface area contributed by atoms with Crippen LogP contribution in [-0.2, 0) is 14.3 Å². The number of hydrogen-bond acceptors (Lipinski definition) is 4. The van der Waals surface area contributed by atoms with Crippen LogP contribution in [0.25, 0.3) is 6.08 Å². The van der Waals surface area contributed by atoms with Crippen molar-refractivity contribution in [2.45, 2.75) is 20.0 Å². The SMILES string of the molecule is COc1ccccc1/C=C/C(=O)O[C@@H](C)C(=O)Nc1cccc(C)c1. The molecule has 130 valence electrons.